The average molecular weight is 619 g/mol. The van der Waals surface area contributed by atoms with E-state index in [2.05, 4.69) is 16.1 Å². The lowest BCUT2D eigenvalue weighted by Gasteiger charge is -2.26. The fraction of sp³-hybridized carbons (Fsp3) is 0.242. The molecule has 4 rings (SSSR count). The van der Waals surface area contributed by atoms with Gasteiger partial charge < -0.3 is 19.3 Å². The van der Waals surface area contributed by atoms with Gasteiger partial charge in [-0.3, -0.25) is 4.79 Å². The maximum atomic E-state index is 14.0. The number of benzene rings is 3. The summed E-state index contributed by atoms with van der Waals surface area (Å²) in [4.78, 5) is 19.4. The fourth-order valence-electron chi connectivity index (χ4n) is 4.64. The van der Waals surface area contributed by atoms with Crippen LogP contribution in [0.2, 0.25) is 0 Å². The van der Waals surface area contributed by atoms with Gasteiger partial charge in [0.2, 0.25) is 5.88 Å². The molecule has 0 fully saturated rings. The lowest BCUT2D eigenvalue weighted by Crippen LogP contribution is -2.22. The summed E-state index contributed by atoms with van der Waals surface area (Å²) in [6.45, 7) is 7.60. The molecule has 0 bridgehead atoms. The Kier molecular flexibility index (Phi) is 9.89. The lowest BCUT2D eigenvalue weighted by atomic mass is 9.83. The van der Waals surface area contributed by atoms with Crippen LogP contribution in [0.5, 0.6) is 17.4 Å². The number of ether oxygens (including phenoxy) is 2. The monoisotopic (exact) mass is 618 g/mol. The van der Waals surface area contributed by atoms with Crippen LogP contribution in [0.25, 0.3) is 11.1 Å². The van der Waals surface area contributed by atoms with Gasteiger partial charge in [0.25, 0.3) is 12.3 Å². The standard InChI is InChI=1S/C33H32F2N4O4S/c1-19-27(21-11-13-22(14-12-21)30(34)35)29(33(2,3)4)39-32(43-25-15-10-20(18-36)16-26(25)42-6)28(19)31(40)38-23-8-7-9-24(17-23)44(41)37-5/h7-17,30,37H,1-6H3,(H,38,40)/t44-/m1/s1. The number of carbonyl (C=O) groups excluding carboxylic acids is 1. The Bertz CT molecular complexity index is 1720. The van der Waals surface area contributed by atoms with Gasteiger partial charge in [0.15, 0.2) is 16.4 Å². The first kappa shape index (κ1) is 32.4. The summed E-state index contributed by atoms with van der Waals surface area (Å²) in [6, 6.07) is 19.1. The number of rotatable bonds is 9. The van der Waals surface area contributed by atoms with Gasteiger partial charge in [-0.25, -0.2) is 13.8 Å². The first-order chi connectivity index (χ1) is 20.9. The quantitative estimate of drug-likeness (QED) is 0.187. The molecule has 4 aromatic rings. The first-order valence-corrected chi connectivity index (χ1v) is 14.7. The molecule has 11 heteroatoms. The molecule has 3 aromatic carbocycles. The van der Waals surface area contributed by atoms with E-state index in [4.69, 9.17) is 14.5 Å². The molecule has 0 radical (unpaired) electrons. The Morgan fingerprint density at radius 3 is 2.36 bits per heavy atom. The topological polar surface area (TPSA) is 119 Å². The highest BCUT2D eigenvalue weighted by Gasteiger charge is 2.30. The van der Waals surface area contributed by atoms with Gasteiger partial charge in [0.1, 0.15) is 5.56 Å². The van der Waals surface area contributed by atoms with Crippen molar-refractivity contribution in [3.05, 3.63) is 94.7 Å². The largest absolute Gasteiger partial charge is 0.593 e. The molecule has 228 valence electrons. The summed E-state index contributed by atoms with van der Waals surface area (Å²) in [5.74, 6) is -0.0828. The number of amides is 1. The van der Waals surface area contributed by atoms with E-state index < -0.39 is 29.1 Å². The van der Waals surface area contributed by atoms with Gasteiger partial charge >= 0.3 is 0 Å². The molecule has 44 heavy (non-hydrogen) atoms. The molecule has 1 heterocycles. The number of hydrogen-bond donors (Lipinski definition) is 2. The molecule has 1 amide bonds. The zero-order valence-electron chi connectivity index (χ0n) is 25.1. The highest BCUT2D eigenvalue weighted by atomic mass is 32.2. The highest BCUT2D eigenvalue weighted by Crippen LogP contribution is 2.42. The highest BCUT2D eigenvalue weighted by molar-refractivity contribution is 7.89. The minimum Gasteiger partial charge on any atom is -0.593 e. The van der Waals surface area contributed by atoms with Crippen LogP contribution in [0.1, 0.15) is 59.9 Å². The zero-order chi connectivity index (χ0) is 32.2. The molecule has 0 saturated carbocycles. The summed E-state index contributed by atoms with van der Waals surface area (Å²) < 4.78 is 53.4. The molecule has 0 aliphatic carbocycles. The predicted molar refractivity (Wildman–Crippen MR) is 166 cm³/mol. The van der Waals surface area contributed by atoms with Crippen molar-refractivity contribution in [2.75, 3.05) is 19.5 Å². The number of nitrogens with zero attached hydrogens (tertiary/aromatic N) is 2. The Hall–Kier alpha value is -4.50. The predicted octanol–water partition coefficient (Wildman–Crippen LogP) is 7.46. The molecule has 0 aliphatic heterocycles. The maximum absolute atomic E-state index is 14.0. The smallest absolute Gasteiger partial charge is 0.263 e. The van der Waals surface area contributed by atoms with Crippen molar-refractivity contribution in [1.82, 2.24) is 9.71 Å². The Morgan fingerprint density at radius 1 is 1.07 bits per heavy atom. The van der Waals surface area contributed by atoms with Crippen molar-refractivity contribution >= 4 is 23.0 Å². The fourth-order valence-corrected chi connectivity index (χ4v) is 5.31. The third-order valence-electron chi connectivity index (χ3n) is 6.79. The number of pyridine rings is 1. The third kappa shape index (κ3) is 7.00. The molecule has 8 nitrogen and oxygen atoms in total. The number of halogens is 2. The third-order valence-corrected chi connectivity index (χ3v) is 7.85. The van der Waals surface area contributed by atoms with Crippen molar-refractivity contribution in [2.45, 2.75) is 44.4 Å². The number of nitrogens with one attached hydrogen (secondary N) is 2. The molecule has 0 saturated heterocycles. The molecule has 1 aromatic heterocycles. The maximum Gasteiger partial charge on any atom is 0.263 e. The number of aromatic nitrogens is 1. The van der Waals surface area contributed by atoms with Crippen LogP contribution in [0.15, 0.2) is 71.6 Å². The van der Waals surface area contributed by atoms with Gasteiger partial charge in [-0.1, -0.05) is 51.1 Å². The number of hydrogen-bond acceptors (Lipinski definition) is 7. The summed E-state index contributed by atoms with van der Waals surface area (Å²) in [5, 5.41) is 12.2. The normalized spacial score (nSPS) is 12.0. The number of anilines is 1. The molecular formula is C33H32F2N4O4S. The van der Waals surface area contributed by atoms with Gasteiger partial charge in [-0.2, -0.15) is 5.26 Å². The van der Waals surface area contributed by atoms with E-state index in [1.54, 1.807) is 62.5 Å². The second-order valence-electron chi connectivity index (χ2n) is 10.8. The second-order valence-corrected chi connectivity index (χ2v) is 12.3. The van der Waals surface area contributed by atoms with Crippen molar-refractivity contribution in [3.63, 3.8) is 0 Å². The average Bonchev–Trinajstić information content (AvgIpc) is 3.00. The zero-order valence-corrected chi connectivity index (χ0v) is 25.9. The van der Waals surface area contributed by atoms with Crippen molar-refractivity contribution < 1.29 is 27.6 Å². The number of carbonyl (C=O) groups is 1. The number of nitriles is 1. The molecule has 0 aliphatic rings. The minimum atomic E-state index is -2.63. The van der Waals surface area contributed by atoms with Crippen LogP contribution >= 0.6 is 0 Å². The van der Waals surface area contributed by atoms with E-state index in [1.165, 1.54) is 25.3 Å². The van der Waals surface area contributed by atoms with Gasteiger partial charge in [0.05, 0.1) is 35.8 Å². The summed E-state index contributed by atoms with van der Waals surface area (Å²) in [7, 11) is 2.99. The van der Waals surface area contributed by atoms with Crippen molar-refractivity contribution in [2.24, 2.45) is 0 Å². The molecule has 1 atom stereocenters. The summed E-state index contributed by atoms with van der Waals surface area (Å²) in [6.07, 6.45) is -2.63. The van der Waals surface area contributed by atoms with Crippen LogP contribution in [0.3, 0.4) is 0 Å². The van der Waals surface area contributed by atoms with E-state index in [0.29, 0.717) is 38.5 Å². The SMILES string of the molecule is CN[S@+]([O-])c1cccc(NC(=O)c2c(Oc3ccc(C#N)cc3OC)nc(C(C)(C)C)c(-c3ccc(C(F)F)cc3)c2C)c1. The van der Waals surface area contributed by atoms with E-state index in [0.717, 1.165) is 0 Å². The molecule has 2 N–H and O–H groups in total. The van der Waals surface area contributed by atoms with Crippen LogP contribution < -0.4 is 19.5 Å². The van der Waals surface area contributed by atoms with Crippen molar-refractivity contribution in [3.8, 4) is 34.6 Å². The second kappa shape index (κ2) is 13.4. The summed E-state index contributed by atoms with van der Waals surface area (Å²) in [5.41, 5.74) is 2.44. The molecule has 0 spiro atoms. The number of alkyl halides is 2. The van der Waals surface area contributed by atoms with Crippen LogP contribution in [0.4, 0.5) is 14.5 Å². The van der Waals surface area contributed by atoms with E-state index in [1.807, 2.05) is 20.8 Å². The van der Waals surface area contributed by atoms with Gasteiger partial charge in [-0.05, 0) is 42.3 Å². The Balaban J connectivity index is 1.94. The van der Waals surface area contributed by atoms with Gasteiger partial charge in [-0.15, -0.1) is 4.72 Å². The molecule has 0 unspecified atom stereocenters. The number of methoxy groups -OCH3 is 1. The molecular weight excluding hydrogens is 586 g/mol. The Morgan fingerprint density at radius 2 is 1.77 bits per heavy atom. The lowest BCUT2D eigenvalue weighted by molar-refractivity contribution is 0.102. The first-order valence-electron chi connectivity index (χ1n) is 13.6. The van der Waals surface area contributed by atoms with Crippen LogP contribution in [0, 0.1) is 18.3 Å². The van der Waals surface area contributed by atoms with E-state index >= 15 is 0 Å². The Labute approximate surface area is 258 Å². The van der Waals surface area contributed by atoms with Crippen LogP contribution in [-0.4, -0.2) is 29.6 Å². The minimum absolute atomic E-state index is 0.0177. The van der Waals surface area contributed by atoms with Gasteiger partial charge in [0, 0.05) is 41.4 Å². The van der Waals surface area contributed by atoms with E-state index in [-0.39, 0.29) is 28.5 Å². The van der Waals surface area contributed by atoms with E-state index in [9.17, 15) is 23.4 Å². The van der Waals surface area contributed by atoms with Crippen molar-refractivity contribution in [1.29, 1.82) is 5.26 Å². The summed E-state index contributed by atoms with van der Waals surface area (Å²) >= 11 is -1.48. The van der Waals surface area contributed by atoms with Crippen LogP contribution in [-0.2, 0) is 16.8 Å².